The van der Waals surface area contributed by atoms with E-state index in [0.717, 1.165) is 10.6 Å². The van der Waals surface area contributed by atoms with Crippen molar-refractivity contribution in [2.24, 2.45) is 0 Å². The normalized spacial score (nSPS) is 18.4. The molecule has 0 radical (unpaired) electrons. The molecule has 0 saturated carbocycles. The molecule has 4 rings (SSSR count). The van der Waals surface area contributed by atoms with Crippen LogP contribution in [-0.2, 0) is 15.3 Å². The lowest BCUT2D eigenvalue weighted by atomic mass is 9.87. The van der Waals surface area contributed by atoms with Gasteiger partial charge in [-0.1, -0.05) is 39.0 Å². The fraction of sp³-hybridized carbons (Fsp3) is 0.364. The van der Waals surface area contributed by atoms with E-state index < -0.39 is 9.84 Å². The van der Waals surface area contributed by atoms with E-state index in [2.05, 4.69) is 31.2 Å². The monoisotopic (exact) mass is 443 g/mol. The summed E-state index contributed by atoms with van der Waals surface area (Å²) in [7, 11) is -3.06. The summed E-state index contributed by atoms with van der Waals surface area (Å²) in [6.45, 7) is 6.42. The number of anilines is 1. The van der Waals surface area contributed by atoms with Crippen molar-refractivity contribution >= 4 is 32.8 Å². The van der Waals surface area contributed by atoms with Crippen molar-refractivity contribution in [3.8, 4) is 10.6 Å². The van der Waals surface area contributed by atoms with Gasteiger partial charge in [0.25, 0.3) is 5.91 Å². The fourth-order valence-corrected chi connectivity index (χ4v) is 6.04. The number of aromatic nitrogens is 2. The molecule has 0 spiro atoms. The number of nitrogens with one attached hydrogen (secondary N) is 1. The predicted octanol–water partition coefficient (Wildman–Crippen LogP) is 4.52. The quantitative estimate of drug-likeness (QED) is 0.643. The van der Waals surface area contributed by atoms with Gasteiger partial charge in [0, 0.05) is 5.69 Å². The van der Waals surface area contributed by atoms with Gasteiger partial charge >= 0.3 is 0 Å². The number of carbonyl (C=O) groups excluding carboxylic acids is 1. The molecule has 6 nitrogen and oxygen atoms in total. The van der Waals surface area contributed by atoms with E-state index in [0.29, 0.717) is 12.1 Å². The lowest BCUT2D eigenvalue weighted by molar-refractivity contribution is 0.102. The van der Waals surface area contributed by atoms with Crippen LogP contribution in [-0.4, -0.2) is 35.6 Å². The first-order valence-corrected chi connectivity index (χ1v) is 12.6. The van der Waals surface area contributed by atoms with Crippen molar-refractivity contribution in [3.05, 3.63) is 59.1 Å². The lowest BCUT2D eigenvalue weighted by Gasteiger charge is -2.19. The highest BCUT2D eigenvalue weighted by Gasteiger charge is 2.32. The van der Waals surface area contributed by atoms with E-state index >= 15 is 0 Å². The highest BCUT2D eigenvalue weighted by Crippen LogP contribution is 2.32. The molecule has 3 aromatic rings. The minimum atomic E-state index is -3.06. The minimum Gasteiger partial charge on any atom is -0.321 e. The largest absolute Gasteiger partial charge is 0.321 e. The number of hydrogen-bond acceptors (Lipinski definition) is 5. The molecule has 0 unspecified atom stereocenters. The topological polar surface area (TPSA) is 81.1 Å². The maximum Gasteiger partial charge on any atom is 0.276 e. The molecule has 1 atom stereocenters. The van der Waals surface area contributed by atoms with E-state index in [4.69, 9.17) is 0 Å². The van der Waals surface area contributed by atoms with E-state index in [9.17, 15) is 13.2 Å². The van der Waals surface area contributed by atoms with Crippen molar-refractivity contribution < 1.29 is 13.2 Å². The molecule has 1 amide bonds. The van der Waals surface area contributed by atoms with E-state index in [1.807, 2.05) is 41.8 Å². The molecule has 30 heavy (non-hydrogen) atoms. The number of sulfone groups is 1. The molecule has 1 aromatic carbocycles. The van der Waals surface area contributed by atoms with Gasteiger partial charge in [-0.2, -0.15) is 5.10 Å². The standard InChI is InChI=1S/C22H25N3O3S2/c1-22(2,3)15-6-8-16(9-7-15)23-21(26)18-13-19(20-5-4-11-29-20)25(24-18)17-10-12-30(27,28)14-17/h4-9,11,13,17H,10,12,14H2,1-3H3,(H,23,26)/t17-/m0/s1. The average Bonchev–Trinajstić information content (AvgIpc) is 3.39. The van der Waals surface area contributed by atoms with Crippen LogP contribution in [0.25, 0.3) is 10.6 Å². The van der Waals surface area contributed by atoms with Crippen LogP contribution in [0, 0.1) is 0 Å². The summed E-state index contributed by atoms with van der Waals surface area (Å²) in [6, 6.07) is 13.2. The summed E-state index contributed by atoms with van der Waals surface area (Å²) in [5.74, 6) is -0.0956. The van der Waals surface area contributed by atoms with Crippen molar-refractivity contribution in [1.82, 2.24) is 9.78 Å². The van der Waals surface area contributed by atoms with Crippen LogP contribution in [0.15, 0.2) is 47.8 Å². The number of amides is 1. The van der Waals surface area contributed by atoms with E-state index in [1.54, 1.807) is 10.7 Å². The Kier molecular flexibility index (Phi) is 5.32. The van der Waals surface area contributed by atoms with E-state index in [-0.39, 0.29) is 34.6 Å². The van der Waals surface area contributed by atoms with Crippen LogP contribution in [0.4, 0.5) is 5.69 Å². The van der Waals surface area contributed by atoms with Crippen LogP contribution in [0.2, 0.25) is 0 Å². The first-order valence-electron chi connectivity index (χ1n) is 9.88. The molecule has 1 fully saturated rings. The van der Waals surface area contributed by atoms with Gasteiger partial charge in [-0.05, 0) is 47.0 Å². The zero-order valence-electron chi connectivity index (χ0n) is 17.3. The Hall–Kier alpha value is -2.45. The van der Waals surface area contributed by atoms with Gasteiger partial charge in [0.15, 0.2) is 15.5 Å². The summed E-state index contributed by atoms with van der Waals surface area (Å²) >= 11 is 1.54. The second-order valence-electron chi connectivity index (χ2n) is 8.68. The Bertz CT molecular complexity index is 1160. The van der Waals surface area contributed by atoms with Gasteiger partial charge in [0.05, 0.1) is 28.1 Å². The van der Waals surface area contributed by atoms with Gasteiger partial charge in [0.2, 0.25) is 0 Å². The Balaban J connectivity index is 1.61. The molecule has 8 heteroatoms. The van der Waals surface area contributed by atoms with Crippen LogP contribution in [0.3, 0.4) is 0 Å². The van der Waals surface area contributed by atoms with Crippen LogP contribution in [0.5, 0.6) is 0 Å². The van der Waals surface area contributed by atoms with Crippen LogP contribution >= 0.6 is 11.3 Å². The smallest absolute Gasteiger partial charge is 0.276 e. The van der Waals surface area contributed by atoms with Crippen molar-refractivity contribution in [1.29, 1.82) is 0 Å². The third kappa shape index (κ3) is 4.34. The second kappa shape index (κ2) is 7.67. The van der Waals surface area contributed by atoms with Crippen molar-refractivity contribution in [2.45, 2.75) is 38.6 Å². The van der Waals surface area contributed by atoms with E-state index in [1.165, 1.54) is 16.9 Å². The lowest BCUT2D eigenvalue weighted by Crippen LogP contribution is -2.16. The average molecular weight is 444 g/mol. The SMILES string of the molecule is CC(C)(C)c1ccc(NC(=O)c2cc(-c3cccs3)n([C@H]3CCS(=O)(=O)C3)n2)cc1. The summed E-state index contributed by atoms with van der Waals surface area (Å²) in [5, 5.41) is 9.37. The third-order valence-corrected chi connectivity index (χ3v) is 7.95. The first kappa shape index (κ1) is 20.8. The molecule has 1 aliphatic heterocycles. The number of hydrogen-bond donors (Lipinski definition) is 1. The number of thiophene rings is 1. The summed E-state index contributed by atoms with van der Waals surface area (Å²) in [5.41, 5.74) is 2.98. The number of carbonyl (C=O) groups is 1. The maximum atomic E-state index is 12.9. The van der Waals surface area contributed by atoms with Crippen molar-refractivity contribution in [2.75, 3.05) is 16.8 Å². The molecule has 1 aliphatic rings. The van der Waals surface area contributed by atoms with Gasteiger partial charge in [-0.25, -0.2) is 8.42 Å². The summed E-state index contributed by atoms with van der Waals surface area (Å²) in [4.78, 5) is 13.8. The van der Waals surface area contributed by atoms with Gasteiger partial charge in [0.1, 0.15) is 0 Å². The minimum absolute atomic E-state index is 0.0402. The summed E-state index contributed by atoms with van der Waals surface area (Å²) < 4.78 is 25.7. The highest BCUT2D eigenvalue weighted by atomic mass is 32.2. The number of rotatable bonds is 4. The molecule has 1 N–H and O–H groups in total. The zero-order chi connectivity index (χ0) is 21.5. The van der Waals surface area contributed by atoms with Gasteiger partial charge < -0.3 is 5.32 Å². The van der Waals surface area contributed by atoms with Crippen LogP contribution in [0.1, 0.15) is 49.3 Å². The first-order chi connectivity index (χ1) is 14.1. The Morgan fingerprint density at radius 3 is 2.50 bits per heavy atom. The molecule has 158 valence electrons. The van der Waals surface area contributed by atoms with Crippen molar-refractivity contribution in [3.63, 3.8) is 0 Å². The highest BCUT2D eigenvalue weighted by molar-refractivity contribution is 7.91. The molecule has 0 bridgehead atoms. The second-order valence-corrected chi connectivity index (χ2v) is 11.9. The number of nitrogens with zero attached hydrogens (tertiary/aromatic N) is 2. The Morgan fingerprint density at radius 2 is 1.93 bits per heavy atom. The molecule has 0 aliphatic carbocycles. The Labute approximate surface area is 180 Å². The fourth-order valence-electron chi connectivity index (χ4n) is 3.61. The Morgan fingerprint density at radius 1 is 1.20 bits per heavy atom. The maximum absolute atomic E-state index is 12.9. The molecular formula is C22H25N3O3S2. The van der Waals surface area contributed by atoms with Gasteiger partial charge in [-0.15, -0.1) is 11.3 Å². The molecular weight excluding hydrogens is 418 g/mol. The molecule has 1 saturated heterocycles. The zero-order valence-corrected chi connectivity index (χ0v) is 18.9. The third-order valence-electron chi connectivity index (χ3n) is 5.31. The molecule has 2 aromatic heterocycles. The molecule has 3 heterocycles. The van der Waals surface area contributed by atoms with Crippen LogP contribution < -0.4 is 5.32 Å². The number of benzene rings is 1. The van der Waals surface area contributed by atoms with Gasteiger partial charge in [-0.3, -0.25) is 9.48 Å². The summed E-state index contributed by atoms with van der Waals surface area (Å²) in [6.07, 6.45) is 0.512. The predicted molar refractivity (Wildman–Crippen MR) is 121 cm³/mol.